The Labute approximate surface area is 171 Å². The van der Waals surface area contributed by atoms with Crippen LogP contribution in [0.25, 0.3) is 6.08 Å². The molecule has 0 aliphatic carbocycles. The molecule has 1 amide bonds. The molecule has 0 bridgehead atoms. The number of benzene rings is 2. The molecule has 0 aromatic heterocycles. The summed E-state index contributed by atoms with van der Waals surface area (Å²) >= 11 is 6.00. The molecule has 2 aromatic carbocycles. The molecule has 0 saturated carbocycles. The van der Waals surface area contributed by atoms with E-state index in [-0.39, 0.29) is 23.2 Å². The van der Waals surface area contributed by atoms with Gasteiger partial charge in [-0.2, -0.15) is 5.26 Å². The second-order valence-corrected chi connectivity index (χ2v) is 7.88. The molecule has 0 aliphatic rings. The van der Waals surface area contributed by atoms with E-state index in [9.17, 15) is 15.2 Å². The van der Waals surface area contributed by atoms with E-state index in [1.165, 1.54) is 0 Å². The number of phenolic OH excluding ortho intramolecular Hbond substituents is 1. The molecule has 4 nitrogen and oxygen atoms in total. The van der Waals surface area contributed by atoms with Gasteiger partial charge in [-0.05, 0) is 71.4 Å². The molecule has 2 aromatic rings. The minimum Gasteiger partial charge on any atom is -0.507 e. The zero-order valence-corrected chi connectivity index (χ0v) is 17.6. The van der Waals surface area contributed by atoms with Crippen molar-refractivity contribution in [3.63, 3.8) is 0 Å². The number of aromatic hydroxyl groups is 1. The van der Waals surface area contributed by atoms with E-state index in [0.717, 1.165) is 16.7 Å². The van der Waals surface area contributed by atoms with Gasteiger partial charge in [0.1, 0.15) is 17.4 Å². The van der Waals surface area contributed by atoms with E-state index in [4.69, 9.17) is 11.6 Å². The van der Waals surface area contributed by atoms with Gasteiger partial charge in [-0.1, -0.05) is 45.4 Å². The van der Waals surface area contributed by atoms with Crippen molar-refractivity contribution in [2.24, 2.45) is 0 Å². The Balaban J connectivity index is 2.44. The third-order valence-corrected chi connectivity index (χ3v) is 4.79. The Bertz CT molecular complexity index is 940. The van der Waals surface area contributed by atoms with Gasteiger partial charge in [0.15, 0.2) is 0 Å². The third kappa shape index (κ3) is 4.94. The van der Waals surface area contributed by atoms with Gasteiger partial charge in [-0.15, -0.1) is 0 Å². The van der Waals surface area contributed by atoms with E-state index < -0.39 is 5.91 Å². The first kappa shape index (κ1) is 21.5. The Kier molecular flexibility index (Phi) is 6.88. The summed E-state index contributed by atoms with van der Waals surface area (Å²) in [6.07, 6.45) is 1.55. The van der Waals surface area contributed by atoms with Crippen LogP contribution in [-0.2, 0) is 4.79 Å². The normalized spacial score (nSPS) is 11.6. The predicted molar refractivity (Wildman–Crippen MR) is 115 cm³/mol. The van der Waals surface area contributed by atoms with Gasteiger partial charge in [0.2, 0.25) is 0 Å². The molecule has 0 heterocycles. The summed E-state index contributed by atoms with van der Waals surface area (Å²) < 4.78 is 0. The van der Waals surface area contributed by atoms with Crippen LogP contribution in [0.2, 0.25) is 5.02 Å². The average molecular weight is 397 g/mol. The van der Waals surface area contributed by atoms with Gasteiger partial charge in [0.25, 0.3) is 5.91 Å². The van der Waals surface area contributed by atoms with Crippen molar-refractivity contribution < 1.29 is 9.90 Å². The first-order valence-electron chi connectivity index (χ1n) is 9.20. The van der Waals surface area contributed by atoms with Gasteiger partial charge in [0, 0.05) is 10.7 Å². The van der Waals surface area contributed by atoms with E-state index in [0.29, 0.717) is 16.3 Å². The molecule has 5 heteroatoms. The van der Waals surface area contributed by atoms with Crippen LogP contribution in [0.3, 0.4) is 0 Å². The first-order chi connectivity index (χ1) is 13.1. The molecule has 2 rings (SSSR count). The van der Waals surface area contributed by atoms with Crippen LogP contribution in [0, 0.1) is 18.3 Å². The van der Waals surface area contributed by atoms with Gasteiger partial charge >= 0.3 is 0 Å². The molecule has 0 spiro atoms. The Morgan fingerprint density at radius 1 is 1.14 bits per heavy atom. The second-order valence-electron chi connectivity index (χ2n) is 7.44. The number of halogens is 1. The molecule has 0 fully saturated rings. The van der Waals surface area contributed by atoms with Crippen molar-refractivity contribution in [3.8, 4) is 11.8 Å². The largest absolute Gasteiger partial charge is 0.507 e. The summed E-state index contributed by atoms with van der Waals surface area (Å²) in [6, 6.07) is 10.8. The molecule has 0 saturated heterocycles. The lowest BCUT2D eigenvalue weighted by Gasteiger charge is -2.16. The van der Waals surface area contributed by atoms with E-state index >= 15 is 0 Å². The first-order valence-corrected chi connectivity index (χ1v) is 9.58. The van der Waals surface area contributed by atoms with Gasteiger partial charge < -0.3 is 10.4 Å². The summed E-state index contributed by atoms with van der Waals surface area (Å²) in [6.45, 7) is 9.82. The number of nitrogens with one attached hydrogen (secondary N) is 1. The fraction of sp³-hybridized carbons (Fsp3) is 0.304. The number of nitriles is 1. The van der Waals surface area contributed by atoms with Crippen LogP contribution >= 0.6 is 11.6 Å². The number of anilines is 1. The van der Waals surface area contributed by atoms with Crippen molar-refractivity contribution in [2.75, 3.05) is 5.32 Å². The number of phenols is 1. The molecular formula is C23H25ClN2O2. The highest BCUT2D eigenvalue weighted by molar-refractivity contribution is 6.31. The van der Waals surface area contributed by atoms with Crippen LogP contribution in [0.15, 0.2) is 35.9 Å². The SMILES string of the molecule is Cc1ccc(Cl)cc1NC(=O)/C(C#N)=C/c1cc(C(C)C)c(O)c(C(C)C)c1. The Morgan fingerprint density at radius 2 is 1.71 bits per heavy atom. The summed E-state index contributed by atoms with van der Waals surface area (Å²) in [5, 5.41) is 23.3. The standard InChI is InChI=1S/C23H25ClN2O2/c1-13(2)19-9-16(10-20(14(3)4)22(19)27)8-17(12-25)23(28)26-21-11-18(24)7-6-15(21)5/h6-11,13-14,27H,1-5H3,(H,26,28)/b17-8+. The topological polar surface area (TPSA) is 73.1 Å². The molecule has 28 heavy (non-hydrogen) atoms. The van der Waals surface area contributed by atoms with Crippen LogP contribution in [0.4, 0.5) is 5.69 Å². The lowest BCUT2D eigenvalue weighted by Crippen LogP contribution is -2.14. The summed E-state index contributed by atoms with van der Waals surface area (Å²) in [5.74, 6) is -0.00329. The fourth-order valence-electron chi connectivity index (χ4n) is 2.90. The van der Waals surface area contributed by atoms with Crippen molar-refractivity contribution in [1.82, 2.24) is 0 Å². The zero-order valence-electron chi connectivity index (χ0n) is 16.8. The second kappa shape index (κ2) is 8.95. The highest BCUT2D eigenvalue weighted by atomic mass is 35.5. The van der Waals surface area contributed by atoms with Crippen LogP contribution in [0.1, 0.15) is 61.8 Å². The molecule has 0 atom stereocenters. The van der Waals surface area contributed by atoms with Gasteiger partial charge in [-0.3, -0.25) is 4.79 Å². The third-order valence-electron chi connectivity index (χ3n) is 4.56. The fourth-order valence-corrected chi connectivity index (χ4v) is 3.07. The minimum atomic E-state index is -0.502. The summed E-state index contributed by atoms with van der Waals surface area (Å²) in [4.78, 5) is 12.6. The number of carbonyl (C=O) groups is 1. The number of hydrogen-bond donors (Lipinski definition) is 2. The summed E-state index contributed by atoms with van der Waals surface area (Å²) in [7, 11) is 0. The number of aryl methyl sites for hydroxylation is 1. The molecule has 0 radical (unpaired) electrons. The van der Waals surface area contributed by atoms with Gasteiger partial charge in [-0.25, -0.2) is 0 Å². The van der Waals surface area contributed by atoms with Crippen molar-refractivity contribution in [2.45, 2.75) is 46.5 Å². The quantitative estimate of drug-likeness (QED) is 0.470. The highest BCUT2D eigenvalue weighted by Crippen LogP contribution is 2.35. The maximum atomic E-state index is 12.6. The number of hydrogen-bond acceptors (Lipinski definition) is 3. The molecule has 146 valence electrons. The Hall–Kier alpha value is -2.77. The monoisotopic (exact) mass is 396 g/mol. The number of carbonyl (C=O) groups excluding carboxylic acids is 1. The van der Waals surface area contributed by atoms with Crippen molar-refractivity contribution >= 4 is 29.3 Å². The molecular weight excluding hydrogens is 372 g/mol. The maximum absolute atomic E-state index is 12.6. The van der Waals surface area contributed by atoms with Crippen LogP contribution < -0.4 is 5.32 Å². The molecule has 2 N–H and O–H groups in total. The number of amides is 1. The zero-order chi connectivity index (χ0) is 21.0. The molecule has 0 aliphatic heterocycles. The lowest BCUT2D eigenvalue weighted by atomic mass is 9.91. The predicted octanol–water partition coefficient (Wildman–Crippen LogP) is 6.15. The van der Waals surface area contributed by atoms with Crippen LogP contribution in [0.5, 0.6) is 5.75 Å². The van der Waals surface area contributed by atoms with E-state index in [1.54, 1.807) is 24.3 Å². The number of nitrogens with zero attached hydrogens (tertiary/aromatic N) is 1. The summed E-state index contributed by atoms with van der Waals surface area (Å²) in [5.41, 5.74) is 3.69. The number of rotatable bonds is 5. The highest BCUT2D eigenvalue weighted by Gasteiger charge is 2.16. The van der Waals surface area contributed by atoms with E-state index in [2.05, 4.69) is 5.32 Å². The molecule has 0 unspecified atom stereocenters. The Morgan fingerprint density at radius 3 is 2.21 bits per heavy atom. The van der Waals surface area contributed by atoms with Crippen molar-refractivity contribution in [3.05, 3.63) is 63.2 Å². The minimum absolute atomic E-state index is 0.0190. The average Bonchev–Trinajstić information content (AvgIpc) is 2.63. The van der Waals surface area contributed by atoms with E-state index in [1.807, 2.05) is 52.8 Å². The van der Waals surface area contributed by atoms with Crippen LogP contribution in [-0.4, -0.2) is 11.0 Å². The maximum Gasteiger partial charge on any atom is 0.266 e. The van der Waals surface area contributed by atoms with Gasteiger partial charge in [0.05, 0.1) is 0 Å². The van der Waals surface area contributed by atoms with Crippen molar-refractivity contribution in [1.29, 1.82) is 5.26 Å². The smallest absolute Gasteiger partial charge is 0.266 e. The lowest BCUT2D eigenvalue weighted by molar-refractivity contribution is -0.112.